The first kappa shape index (κ1) is 14.1. The average Bonchev–Trinajstić information content (AvgIpc) is 2.80. The molecule has 2 rings (SSSR count). The van der Waals surface area contributed by atoms with E-state index in [1.807, 2.05) is 0 Å². The lowest BCUT2D eigenvalue weighted by Gasteiger charge is -2.06. The summed E-state index contributed by atoms with van der Waals surface area (Å²) in [5.41, 5.74) is 0.605. The number of benzene rings is 1. The predicted octanol–water partition coefficient (Wildman–Crippen LogP) is 1.20. The quantitative estimate of drug-likeness (QED) is 0.850. The molecule has 1 heterocycles. The van der Waals surface area contributed by atoms with E-state index in [9.17, 15) is 13.2 Å². The third-order valence-electron chi connectivity index (χ3n) is 2.09. The third kappa shape index (κ3) is 3.35. The maximum absolute atomic E-state index is 11.7. The van der Waals surface area contributed by atoms with E-state index >= 15 is 0 Å². The van der Waals surface area contributed by atoms with Crippen molar-refractivity contribution in [3.63, 3.8) is 0 Å². The molecule has 0 unspecified atom stereocenters. The summed E-state index contributed by atoms with van der Waals surface area (Å²) in [4.78, 5) is 11.6. The number of sulfonamides is 1. The van der Waals surface area contributed by atoms with Crippen LogP contribution in [0.1, 0.15) is 10.5 Å². The number of aromatic nitrogens is 2. The van der Waals surface area contributed by atoms with Gasteiger partial charge in [-0.25, -0.2) is 13.6 Å². The van der Waals surface area contributed by atoms with Gasteiger partial charge in [0.05, 0.1) is 4.90 Å². The van der Waals surface area contributed by atoms with Crippen LogP contribution in [0.5, 0.6) is 0 Å². The summed E-state index contributed by atoms with van der Waals surface area (Å²) in [5.74, 6) is -0.427. The second-order valence-corrected chi connectivity index (χ2v) is 6.43. The summed E-state index contributed by atoms with van der Waals surface area (Å²) in [6, 6.07) is 4.17. The van der Waals surface area contributed by atoms with Crippen molar-refractivity contribution < 1.29 is 13.2 Å². The van der Waals surface area contributed by atoms with E-state index < -0.39 is 15.9 Å². The Balaban J connectivity index is 2.24. The van der Waals surface area contributed by atoms with Gasteiger partial charge in [-0.15, -0.1) is 5.10 Å². The van der Waals surface area contributed by atoms with Crippen molar-refractivity contribution in [2.75, 3.05) is 5.32 Å². The van der Waals surface area contributed by atoms with E-state index in [4.69, 9.17) is 5.14 Å². The number of nitrogens with one attached hydrogen (secondary N) is 1. The van der Waals surface area contributed by atoms with Crippen molar-refractivity contribution in [2.24, 2.45) is 5.14 Å². The van der Waals surface area contributed by atoms with Crippen LogP contribution in [0.15, 0.2) is 32.9 Å². The Morgan fingerprint density at radius 1 is 1.42 bits per heavy atom. The van der Waals surface area contributed by atoms with Crippen LogP contribution in [-0.2, 0) is 10.0 Å². The minimum absolute atomic E-state index is 0.0548. The highest BCUT2D eigenvalue weighted by Gasteiger charge is 2.14. The van der Waals surface area contributed by atoms with Crippen LogP contribution in [0, 0.1) is 0 Å². The largest absolute Gasteiger partial charge is 0.321 e. The molecule has 0 spiro atoms. The van der Waals surface area contributed by atoms with Crippen LogP contribution in [-0.4, -0.2) is 23.9 Å². The molecule has 0 bridgehead atoms. The number of anilines is 1. The van der Waals surface area contributed by atoms with Crippen molar-refractivity contribution in [1.29, 1.82) is 0 Å². The van der Waals surface area contributed by atoms with Gasteiger partial charge in [0.2, 0.25) is 10.0 Å². The third-order valence-corrected chi connectivity index (χ3v) is 4.48. The Hall–Kier alpha value is -1.36. The van der Waals surface area contributed by atoms with Gasteiger partial charge in [-0.2, -0.15) is 0 Å². The fourth-order valence-electron chi connectivity index (χ4n) is 1.27. The minimum Gasteiger partial charge on any atom is -0.321 e. The van der Waals surface area contributed by atoms with Crippen LogP contribution in [0.3, 0.4) is 0 Å². The molecule has 1 aromatic heterocycles. The van der Waals surface area contributed by atoms with Crippen molar-refractivity contribution in [3.05, 3.63) is 33.7 Å². The van der Waals surface area contributed by atoms with Crippen LogP contribution in [0.2, 0.25) is 0 Å². The lowest BCUT2D eigenvalue weighted by molar-refractivity contribution is 0.102. The molecule has 0 aliphatic rings. The number of carbonyl (C=O) groups is 1. The first-order valence-electron chi connectivity index (χ1n) is 4.78. The van der Waals surface area contributed by atoms with Crippen LogP contribution < -0.4 is 10.5 Å². The fourth-order valence-corrected chi connectivity index (χ4v) is 3.35. The van der Waals surface area contributed by atoms with Crippen molar-refractivity contribution in [1.82, 2.24) is 9.59 Å². The molecule has 1 amide bonds. The maximum atomic E-state index is 11.7. The van der Waals surface area contributed by atoms with Crippen LogP contribution in [0.4, 0.5) is 5.69 Å². The molecule has 10 heteroatoms. The molecule has 0 atom stereocenters. The highest BCUT2D eigenvalue weighted by atomic mass is 79.9. The SMILES string of the molecule is NS(=O)(=O)c1ccc(NC(=O)c2csnn2)cc1Br. The minimum atomic E-state index is -3.80. The average molecular weight is 363 g/mol. The van der Waals surface area contributed by atoms with E-state index in [1.165, 1.54) is 23.6 Å². The molecule has 7 nitrogen and oxygen atoms in total. The lowest BCUT2D eigenvalue weighted by Crippen LogP contribution is -2.14. The molecule has 0 aliphatic heterocycles. The number of primary sulfonamides is 1. The molecule has 0 fully saturated rings. The summed E-state index contributed by atoms with van der Waals surface area (Å²) < 4.78 is 26.3. The molecule has 0 saturated heterocycles. The van der Waals surface area contributed by atoms with Crippen molar-refractivity contribution in [3.8, 4) is 0 Å². The van der Waals surface area contributed by atoms with Gasteiger partial charge in [0.1, 0.15) is 0 Å². The van der Waals surface area contributed by atoms with Crippen molar-refractivity contribution >= 4 is 49.1 Å². The van der Waals surface area contributed by atoms with Crippen molar-refractivity contribution in [2.45, 2.75) is 4.90 Å². The molecule has 2 aromatic rings. The van der Waals surface area contributed by atoms with E-state index in [-0.39, 0.29) is 15.1 Å². The summed E-state index contributed by atoms with van der Waals surface area (Å²) in [6.07, 6.45) is 0. The number of hydrogen-bond donors (Lipinski definition) is 2. The van der Waals surface area contributed by atoms with Gasteiger partial charge >= 0.3 is 0 Å². The maximum Gasteiger partial charge on any atom is 0.277 e. The first-order chi connectivity index (χ1) is 8.88. The Labute approximate surface area is 121 Å². The number of nitrogens with two attached hydrogens (primary N) is 1. The molecule has 100 valence electrons. The van der Waals surface area contributed by atoms with E-state index in [2.05, 4.69) is 30.8 Å². The molecule has 0 saturated carbocycles. The Morgan fingerprint density at radius 2 is 2.16 bits per heavy atom. The van der Waals surface area contributed by atoms with Gasteiger partial charge in [-0.05, 0) is 45.7 Å². The van der Waals surface area contributed by atoms with Crippen LogP contribution >= 0.6 is 27.5 Å². The molecule has 0 radical (unpaired) electrons. The zero-order valence-electron chi connectivity index (χ0n) is 9.20. The van der Waals surface area contributed by atoms with Gasteiger partial charge in [0, 0.05) is 15.5 Å². The highest BCUT2D eigenvalue weighted by molar-refractivity contribution is 9.10. The van der Waals surface area contributed by atoms with Gasteiger partial charge in [-0.3, -0.25) is 4.79 Å². The Morgan fingerprint density at radius 3 is 2.68 bits per heavy atom. The zero-order valence-corrected chi connectivity index (χ0v) is 12.4. The predicted molar refractivity (Wildman–Crippen MR) is 73.4 cm³/mol. The number of carbonyl (C=O) groups excluding carboxylic acids is 1. The molecule has 3 N–H and O–H groups in total. The second kappa shape index (κ2) is 5.33. The smallest absolute Gasteiger partial charge is 0.277 e. The zero-order chi connectivity index (χ0) is 14.0. The Bertz CT molecular complexity index is 715. The highest BCUT2D eigenvalue weighted by Crippen LogP contribution is 2.24. The van der Waals surface area contributed by atoms with Crippen LogP contribution in [0.25, 0.3) is 0 Å². The van der Waals surface area contributed by atoms with Gasteiger partial charge in [0.15, 0.2) is 5.69 Å². The first-order valence-corrected chi connectivity index (χ1v) is 7.96. The Kier molecular flexibility index (Phi) is 3.94. The number of halogens is 1. The fraction of sp³-hybridized carbons (Fsp3) is 0. The second-order valence-electron chi connectivity index (χ2n) is 3.43. The molecule has 0 aliphatic carbocycles. The van der Waals surface area contributed by atoms with E-state index in [0.29, 0.717) is 5.69 Å². The number of nitrogens with zero attached hydrogens (tertiary/aromatic N) is 2. The van der Waals surface area contributed by atoms with E-state index in [0.717, 1.165) is 11.5 Å². The standard InChI is InChI=1S/C9H7BrN4O3S2/c10-6-3-5(1-2-8(6)19(11,16)17)12-9(15)7-4-18-14-13-7/h1-4H,(H,12,15)(H2,11,16,17). The number of hydrogen-bond acceptors (Lipinski definition) is 6. The normalized spacial score (nSPS) is 11.3. The lowest BCUT2D eigenvalue weighted by atomic mass is 10.3. The summed E-state index contributed by atoms with van der Waals surface area (Å²) in [6.45, 7) is 0. The molecule has 19 heavy (non-hydrogen) atoms. The van der Waals surface area contributed by atoms with Gasteiger partial charge in [0.25, 0.3) is 5.91 Å². The molecular weight excluding hydrogens is 356 g/mol. The summed E-state index contributed by atoms with van der Waals surface area (Å²) in [7, 11) is -3.80. The topological polar surface area (TPSA) is 115 Å². The molecule has 1 aromatic carbocycles. The molecular formula is C9H7BrN4O3S2. The monoisotopic (exact) mass is 362 g/mol. The number of amides is 1. The summed E-state index contributed by atoms with van der Waals surface area (Å²) in [5, 5.41) is 12.7. The summed E-state index contributed by atoms with van der Waals surface area (Å²) >= 11 is 4.15. The van der Waals surface area contributed by atoms with E-state index in [1.54, 1.807) is 0 Å². The van der Waals surface area contributed by atoms with Gasteiger partial charge in [-0.1, -0.05) is 4.49 Å². The number of rotatable bonds is 3. The van der Waals surface area contributed by atoms with Gasteiger partial charge < -0.3 is 5.32 Å².